The molecule has 116 valence electrons. The standard InChI is InChI=1S/C14H32NO3P/c1-2-3-4-5-6-7-8-9-10-11-12-13-14-18-19(15,16)17/h2-14H2,1H3,(H3,15,16,17). The van der Waals surface area contributed by atoms with Crippen LogP contribution in [-0.2, 0) is 9.09 Å². The molecule has 0 rings (SSSR count). The molecule has 1 atom stereocenters. The first-order valence-electron chi connectivity index (χ1n) is 7.82. The van der Waals surface area contributed by atoms with Crippen molar-refractivity contribution >= 4 is 7.75 Å². The topological polar surface area (TPSA) is 72.5 Å². The van der Waals surface area contributed by atoms with Gasteiger partial charge in [-0.3, -0.25) is 4.52 Å². The first kappa shape index (κ1) is 19.1. The largest absolute Gasteiger partial charge is 0.400 e. The van der Waals surface area contributed by atoms with Crippen molar-refractivity contribution < 1.29 is 14.0 Å². The fraction of sp³-hybridized carbons (Fsp3) is 1.00. The smallest absolute Gasteiger partial charge is 0.313 e. The highest BCUT2D eigenvalue weighted by Gasteiger charge is 2.09. The van der Waals surface area contributed by atoms with Crippen molar-refractivity contribution in [3.63, 3.8) is 0 Å². The van der Waals surface area contributed by atoms with Crippen LogP contribution in [0.5, 0.6) is 0 Å². The Morgan fingerprint density at radius 2 is 1.21 bits per heavy atom. The van der Waals surface area contributed by atoms with Crippen LogP contribution in [0.2, 0.25) is 0 Å². The quantitative estimate of drug-likeness (QED) is 0.357. The van der Waals surface area contributed by atoms with Gasteiger partial charge in [-0.15, -0.1) is 0 Å². The van der Waals surface area contributed by atoms with Gasteiger partial charge in [-0.25, -0.2) is 10.1 Å². The van der Waals surface area contributed by atoms with Crippen molar-refractivity contribution in [1.29, 1.82) is 0 Å². The molecule has 19 heavy (non-hydrogen) atoms. The maximum atomic E-state index is 10.6. The van der Waals surface area contributed by atoms with Crippen molar-refractivity contribution in [1.82, 2.24) is 0 Å². The molecule has 0 heterocycles. The highest BCUT2D eigenvalue weighted by Crippen LogP contribution is 2.31. The van der Waals surface area contributed by atoms with E-state index in [1.165, 1.54) is 64.2 Å². The van der Waals surface area contributed by atoms with Crippen LogP contribution in [0.3, 0.4) is 0 Å². The predicted octanol–water partition coefficient (Wildman–Crippen LogP) is 4.76. The van der Waals surface area contributed by atoms with E-state index in [4.69, 9.17) is 10.4 Å². The van der Waals surface area contributed by atoms with Gasteiger partial charge in [-0.05, 0) is 6.42 Å². The Balaban J connectivity index is 3.01. The molecule has 0 aliphatic carbocycles. The molecule has 0 aromatic rings. The Kier molecular flexibility index (Phi) is 13.2. The molecule has 0 bridgehead atoms. The molecule has 0 aromatic carbocycles. The summed E-state index contributed by atoms with van der Waals surface area (Å²) >= 11 is 0. The molecule has 4 nitrogen and oxygen atoms in total. The minimum Gasteiger partial charge on any atom is -0.313 e. The van der Waals surface area contributed by atoms with E-state index in [2.05, 4.69) is 11.4 Å². The van der Waals surface area contributed by atoms with E-state index in [1.807, 2.05) is 0 Å². The molecular formula is C14H32NO3P. The molecule has 0 aliphatic heterocycles. The van der Waals surface area contributed by atoms with Crippen LogP contribution in [-0.4, -0.2) is 11.5 Å². The maximum absolute atomic E-state index is 10.6. The summed E-state index contributed by atoms with van der Waals surface area (Å²) < 4.78 is 15.2. The molecule has 1 unspecified atom stereocenters. The second-order valence-electron chi connectivity index (χ2n) is 5.29. The van der Waals surface area contributed by atoms with Crippen LogP contribution in [0.4, 0.5) is 0 Å². The van der Waals surface area contributed by atoms with Gasteiger partial charge in [-0.2, -0.15) is 0 Å². The zero-order chi connectivity index (χ0) is 14.4. The van der Waals surface area contributed by atoms with E-state index in [1.54, 1.807) is 0 Å². The van der Waals surface area contributed by atoms with E-state index in [0.717, 1.165) is 12.8 Å². The van der Waals surface area contributed by atoms with Gasteiger partial charge in [-0.1, -0.05) is 77.6 Å². The number of nitrogens with two attached hydrogens (primary N) is 1. The van der Waals surface area contributed by atoms with Crippen LogP contribution in [0.25, 0.3) is 0 Å². The number of rotatable bonds is 14. The Labute approximate surface area is 118 Å². The summed E-state index contributed by atoms with van der Waals surface area (Å²) in [5.74, 6) is 0. The third-order valence-corrected chi connectivity index (χ3v) is 3.83. The Hall–Kier alpha value is 0.110. The molecule has 0 aromatic heterocycles. The number of hydrogen-bond acceptors (Lipinski definition) is 2. The van der Waals surface area contributed by atoms with E-state index < -0.39 is 7.75 Å². The van der Waals surface area contributed by atoms with E-state index >= 15 is 0 Å². The van der Waals surface area contributed by atoms with E-state index in [0.29, 0.717) is 6.61 Å². The molecule has 0 amide bonds. The summed E-state index contributed by atoms with van der Waals surface area (Å²) in [7, 11) is -3.75. The lowest BCUT2D eigenvalue weighted by Crippen LogP contribution is -1.99. The highest BCUT2D eigenvalue weighted by atomic mass is 31.2. The second kappa shape index (κ2) is 13.1. The molecule has 5 heteroatoms. The van der Waals surface area contributed by atoms with Crippen molar-refractivity contribution in [3.05, 3.63) is 0 Å². The van der Waals surface area contributed by atoms with Crippen LogP contribution >= 0.6 is 7.75 Å². The van der Waals surface area contributed by atoms with Crippen LogP contribution in [0.15, 0.2) is 0 Å². The third-order valence-electron chi connectivity index (χ3n) is 3.27. The summed E-state index contributed by atoms with van der Waals surface area (Å²) in [4.78, 5) is 8.71. The fourth-order valence-corrected chi connectivity index (χ4v) is 2.53. The first-order valence-corrected chi connectivity index (χ1v) is 9.47. The van der Waals surface area contributed by atoms with Gasteiger partial charge in [0.15, 0.2) is 0 Å². The summed E-state index contributed by atoms with van der Waals surface area (Å²) in [6, 6.07) is 0. The van der Waals surface area contributed by atoms with Crippen LogP contribution in [0.1, 0.15) is 84.0 Å². The van der Waals surface area contributed by atoms with Crippen LogP contribution in [0, 0.1) is 0 Å². The lowest BCUT2D eigenvalue weighted by atomic mass is 10.1. The Bertz CT molecular complexity index is 231. The minimum absolute atomic E-state index is 0.293. The molecule has 0 aliphatic rings. The molecule has 0 saturated carbocycles. The van der Waals surface area contributed by atoms with Crippen molar-refractivity contribution in [3.8, 4) is 0 Å². The van der Waals surface area contributed by atoms with Gasteiger partial charge in [0.2, 0.25) is 0 Å². The second-order valence-corrected chi connectivity index (χ2v) is 6.67. The normalized spacial score (nSPS) is 14.5. The SMILES string of the molecule is CCCCCCCCCCCCCCOP(N)(=O)O. The van der Waals surface area contributed by atoms with Crippen molar-refractivity contribution in [2.45, 2.75) is 84.0 Å². The summed E-state index contributed by atoms with van der Waals surface area (Å²) in [5, 5.41) is 0. The first-order chi connectivity index (χ1) is 9.06. The van der Waals surface area contributed by atoms with Crippen LogP contribution < -0.4 is 5.50 Å². The number of hydrogen-bond donors (Lipinski definition) is 2. The fourth-order valence-electron chi connectivity index (χ4n) is 2.14. The zero-order valence-corrected chi connectivity index (χ0v) is 13.4. The zero-order valence-electron chi connectivity index (χ0n) is 12.5. The highest BCUT2D eigenvalue weighted by molar-refractivity contribution is 7.50. The third kappa shape index (κ3) is 18.1. The Morgan fingerprint density at radius 1 is 0.842 bits per heavy atom. The lowest BCUT2D eigenvalue weighted by Gasteiger charge is -2.06. The lowest BCUT2D eigenvalue weighted by molar-refractivity contribution is 0.253. The van der Waals surface area contributed by atoms with Gasteiger partial charge >= 0.3 is 7.75 Å². The van der Waals surface area contributed by atoms with Gasteiger partial charge in [0, 0.05) is 0 Å². The molecular weight excluding hydrogens is 261 g/mol. The van der Waals surface area contributed by atoms with E-state index in [9.17, 15) is 4.57 Å². The molecule has 0 fully saturated rings. The average Bonchev–Trinajstić information content (AvgIpc) is 2.34. The molecule has 0 radical (unpaired) electrons. The number of unbranched alkanes of at least 4 members (excludes halogenated alkanes) is 11. The summed E-state index contributed by atoms with van der Waals surface area (Å²) in [5.41, 5.74) is 4.86. The van der Waals surface area contributed by atoms with E-state index in [-0.39, 0.29) is 0 Å². The van der Waals surface area contributed by atoms with Crippen molar-refractivity contribution in [2.24, 2.45) is 5.50 Å². The average molecular weight is 293 g/mol. The maximum Gasteiger partial charge on any atom is 0.400 e. The van der Waals surface area contributed by atoms with Gasteiger partial charge in [0.05, 0.1) is 6.61 Å². The molecule has 0 spiro atoms. The Morgan fingerprint density at radius 3 is 1.58 bits per heavy atom. The monoisotopic (exact) mass is 293 g/mol. The predicted molar refractivity (Wildman–Crippen MR) is 81.0 cm³/mol. The summed E-state index contributed by atoms with van der Waals surface area (Å²) in [6.07, 6.45) is 15.2. The summed E-state index contributed by atoms with van der Waals surface area (Å²) in [6.45, 7) is 2.54. The van der Waals surface area contributed by atoms with Gasteiger partial charge < -0.3 is 4.89 Å². The van der Waals surface area contributed by atoms with Crippen molar-refractivity contribution in [2.75, 3.05) is 6.61 Å². The molecule has 0 saturated heterocycles. The minimum atomic E-state index is -3.75. The van der Waals surface area contributed by atoms with Gasteiger partial charge in [0.25, 0.3) is 0 Å². The molecule has 3 N–H and O–H groups in total. The van der Waals surface area contributed by atoms with Gasteiger partial charge in [0.1, 0.15) is 0 Å².